The van der Waals surface area contributed by atoms with Crippen molar-refractivity contribution >= 4 is 34.4 Å². The van der Waals surface area contributed by atoms with E-state index in [-0.39, 0.29) is 18.2 Å². The number of anilines is 1. The van der Waals surface area contributed by atoms with Crippen LogP contribution < -0.4 is 10.2 Å². The van der Waals surface area contributed by atoms with Crippen molar-refractivity contribution in [3.8, 4) is 0 Å². The van der Waals surface area contributed by atoms with Gasteiger partial charge in [-0.15, -0.1) is 0 Å². The number of ether oxygens (including phenoxy) is 1. The quantitative estimate of drug-likeness (QED) is 0.363. The fourth-order valence-electron chi connectivity index (χ4n) is 3.97. The van der Waals surface area contributed by atoms with E-state index < -0.39 is 18.6 Å². The highest BCUT2D eigenvalue weighted by molar-refractivity contribution is 5.95. The molecule has 178 valence electrons. The monoisotopic (exact) mass is 469 g/mol. The number of H-pyrrole nitrogens is 1. The Morgan fingerprint density at radius 3 is 2.29 bits per heavy atom. The molecule has 2 N–H and O–H groups in total. The molecule has 0 spiro atoms. The maximum atomic E-state index is 13.1. The van der Waals surface area contributed by atoms with Crippen molar-refractivity contribution in [3.05, 3.63) is 102 Å². The number of nitrogens with one attached hydrogen (secondary N) is 2. The molecule has 1 aromatic heterocycles. The lowest BCUT2D eigenvalue weighted by atomic mass is 10.0. The van der Waals surface area contributed by atoms with Gasteiger partial charge >= 0.3 is 5.97 Å². The number of rotatable bonds is 9. The zero-order valence-electron chi connectivity index (χ0n) is 19.4. The van der Waals surface area contributed by atoms with Crippen molar-refractivity contribution in [3.63, 3.8) is 0 Å². The molecule has 0 fully saturated rings. The van der Waals surface area contributed by atoms with Crippen LogP contribution >= 0.6 is 0 Å². The minimum absolute atomic E-state index is 0.239. The Balaban J connectivity index is 1.47. The van der Waals surface area contributed by atoms with Gasteiger partial charge in [0.15, 0.2) is 6.61 Å². The summed E-state index contributed by atoms with van der Waals surface area (Å²) in [5, 5.41) is 3.62. The highest BCUT2D eigenvalue weighted by atomic mass is 16.5. The number of aromatic amines is 1. The second-order valence-electron chi connectivity index (χ2n) is 8.23. The van der Waals surface area contributed by atoms with Gasteiger partial charge in [0.25, 0.3) is 5.91 Å². The van der Waals surface area contributed by atoms with Gasteiger partial charge in [-0.25, -0.2) is 4.79 Å². The zero-order valence-corrected chi connectivity index (χ0v) is 19.4. The van der Waals surface area contributed by atoms with Crippen molar-refractivity contribution in [1.29, 1.82) is 0 Å². The lowest BCUT2D eigenvalue weighted by molar-refractivity contribution is -0.151. The van der Waals surface area contributed by atoms with Crippen molar-refractivity contribution in [2.75, 3.05) is 11.5 Å². The molecule has 0 unspecified atom stereocenters. The van der Waals surface area contributed by atoms with Gasteiger partial charge in [-0.3, -0.25) is 9.59 Å². The van der Waals surface area contributed by atoms with E-state index in [0.717, 1.165) is 22.0 Å². The Kier molecular flexibility index (Phi) is 7.57. The van der Waals surface area contributed by atoms with Crippen LogP contribution in [0, 0.1) is 0 Å². The Morgan fingerprint density at radius 1 is 0.914 bits per heavy atom. The number of amides is 2. The maximum absolute atomic E-state index is 13.1. The molecule has 0 aliphatic heterocycles. The maximum Gasteiger partial charge on any atom is 0.329 e. The van der Waals surface area contributed by atoms with E-state index in [4.69, 9.17) is 4.74 Å². The first-order valence-electron chi connectivity index (χ1n) is 11.4. The number of fused-ring (bicyclic) bond motifs is 1. The van der Waals surface area contributed by atoms with E-state index in [9.17, 15) is 14.4 Å². The summed E-state index contributed by atoms with van der Waals surface area (Å²) >= 11 is 0. The minimum atomic E-state index is -0.918. The number of carbonyl (C=O) groups excluding carboxylic acids is 3. The third-order valence-electron chi connectivity index (χ3n) is 5.65. The van der Waals surface area contributed by atoms with Gasteiger partial charge in [0.05, 0.1) is 6.54 Å². The fraction of sp³-hybridized carbons (Fsp3) is 0.179. The molecular formula is C28H27N3O4. The predicted molar refractivity (Wildman–Crippen MR) is 135 cm³/mol. The van der Waals surface area contributed by atoms with Gasteiger partial charge in [-0.2, -0.15) is 0 Å². The first kappa shape index (κ1) is 23.8. The summed E-state index contributed by atoms with van der Waals surface area (Å²) in [6.07, 6.45) is 2.05. The molecule has 1 heterocycles. The van der Waals surface area contributed by atoms with Crippen LogP contribution in [0.2, 0.25) is 0 Å². The molecule has 4 aromatic rings. The van der Waals surface area contributed by atoms with Crippen molar-refractivity contribution in [2.45, 2.75) is 25.9 Å². The number of esters is 1. The molecule has 0 saturated carbocycles. The number of carbonyl (C=O) groups is 3. The summed E-state index contributed by atoms with van der Waals surface area (Å²) in [5.41, 5.74) is 3.46. The van der Waals surface area contributed by atoms with Crippen LogP contribution in [0.25, 0.3) is 10.9 Å². The predicted octanol–water partition coefficient (Wildman–Crippen LogP) is 3.99. The molecule has 4 rings (SSSR count). The third kappa shape index (κ3) is 6.14. The lowest BCUT2D eigenvalue weighted by Crippen LogP contribution is -2.44. The van der Waals surface area contributed by atoms with E-state index in [1.54, 1.807) is 4.90 Å². The number of hydrogen-bond donors (Lipinski definition) is 2. The minimum Gasteiger partial charge on any atom is -0.454 e. The average molecular weight is 470 g/mol. The second kappa shape index (κ2) is 11.2. The number of aromatic nitrogens is 1. The summed E-state index contributed by atoms with van der Waals surface area (Å²) < 4.78 is 5.41. The first-order valence-corrected chi connectivity index (χ1v) is 11.4. The van der Waals surface area contributed by atoms with Crippen LogP contribution in [0.4, 0.5) is 5.69 Å². The average Bonchev–Trinajstić information content (AvgIpc) is 3.29. The number of para-hydroxylation sites is 2. The highest BCUT2D eigenvalue weighted by Crippen LogP contribution is 2.20. The van der Waals surface area contributed by atoms with Gasteiger partial charge in [0.2, 0.25) is 5.91 Å². The Labute approximate surface area is 203 Å². The van der Waals surface area contributed by atoms with Gasteiger partial charge in [-0.05, 0) is 29.3 Å². The van der Waals surface area contributed by atoms with Gasteiger partial charge in [-0.1, -0.05) is 66.7 Å². The lowest BCUT2D eigenvalue weighted by Gasteiger charge is -2.24. The molecular weight excluding hydrogens is 442 g/mol. The van der Waals surface area contributed by atoms with E-state index in [0.29, 0.717) is 12.2 Å². The van der Waals surface area contributed by atoms with Crippen LogP contribution in [0.5, 0.6) is 0 Å². The molecule has 0 aliphatic carbocycles. The Hall–Kier alpha value is -4.39. The molecule has 1 atom stereocenters. The largest absolute Gasteiger partial charge is 0.454 e. The summed E-state index contributed by atoms with van der Waals surface area (Å²) in [6.45, 7) is 1.24. The smallest absolute Gasteiger partial charge is 0.329 e. The molecule has 7 heteroatoms. The van der Waals surface area contributed by atoms with Crippen LogP contribution in [-0.2, 0) is 32.1 Å². The van der Waals surface area contributed by atoms with Crippen molar-refractivity contribution in [2.24, 2.45) is 0 Å². The second-order valence-corrected chi connectivity index (χ2v) is 8.23. The summed E-state index contributed by atoms with van der Waals surface area (Å²) in [7, 11) is 0. The molecule has 2 amide bonds. The summed E-state index contributed by atoms with van der Waals surface area (Å²) in [6, 6.07) is 25.6. The van der Waals surface area contributed by atoms with Crippen LogP contribution in [0.3, 0.4) is 0 Å². The van der Waals surface area contributed by atoms with Gasteiger partial charge in [0, 0.05) is 36.1 Å². The highest BCUT2D eigenvalue weighted by Gasteiger charge is 2.25. The number of benzene rings is 3. The molecule has 3 aromatic carbocycles. The molecule has 35 heavy (non-hydrogen) atoms. The van der Waals surface area contributed by atoms with Crippen LogP contribution in [0.1, 0.15) is 18.1 Å². The van der Waals surface area contributed by atoms with Crippen LogP contribution in [-0.4, -0.2) is 35.4 Å². The molecule has 0 bridgehead atoms. The Bertz CT molecular complexity index is 1300. The van der Waals surface area contributed by atoms with E-state index in [1.165, 1.54) is 6.92 Å². The topological polar surface area (TPSA) is 91.5 Å². The molecule has 0 saturated heterocycles. The SMILES string of the molecule is CC(=O)N[C@@H](Cc1c[nH]c2ccccc12)C(=O)OCC(=O)N(Cc1ccccc1)c1ccccc1. The normalized spacial score (nSPS) is 11.6. The van der Waals surface area contributed by atoms with E-state index in [2.05, 4.69) is 10.3 Å². The number of hydrogen-bond acceptors (Lipinski definition) is 4. The number of nitrogens with zero attached hydrogens (tertiary/aromatic N) is 1. The fourth-order valence-corrected chi connectivity index (χ4v) is 3.97. The third-order valence-corrected chi connectivity index (χ3v) is 5.65. The van der Waals surface area contributed by atoms with Gasteiger partial charge in [0.1, 0.15) is 6.04 Å². The summed E-state index contributed by atoms with van der Waals surface area (Å²) in [4.78, 5) is 42.6. The molecule has 0 aliphatic rings. The molecule has 0 radical (unpaired) electrons. The first-order chi connectivity index (χ1) is 17.0. The van der Waals surface area contributed by atoms with Crippen molar-refractivity contribution in [1.82, 2.24) is 10.3 Å². The van der Waals surface area contributed by atoms with E-state index in [1.807, 2.05) is 91.1 Å². The summed E-state index contributed by atoms with van der Waals surface area (Å²) in [5.74, 6) is -1.37. The van der Waals surface area contributed by atoms with Gasteiger partial charge < -0.3 is 19.9 Å². The van der Waals surface area contributed by atoms with Crippen LogP contribution in [0.15, 0.2) is 91.1 Å². The Morgan fingerprint density at radius 2 is 1.57 bits per heavy atom. The van der Waals surface area contributed by atoms with E-state index >= 15 is 0 Å². The zero-order chi connectivity index (χ0) is 24.6. The standard InChI is InChI=1S/C28H27N3O4/c1-20(32)30-26(16-22-17-29-25-15-9-8-14-24(22)25)28(34)35-19-27(33)31(23-12-6-3-7-13-23)18-21-10-4-2-5-11-21/h2-15,17,26,29H,16,18-19H2,1H3,(H,30,32)/t26-/m0/s1. The van der Waals surface area contributed by atoms with Crippen molar-refractivity contribution < 1.29 is 19.1 Å². The molecule has 7 nitrogen and oxygen atoms in total.